The van der Waals surface area contributed by atoms with Crippen molar-refractivity contribution < 1.29 is 4.79 Å². The van der Waals surface area contributed by atoms with E-state index >= 15 is 0 Å². The Balaban J connectivity index is 2.29. The number of thiophene rings is 1. The number of anilines is 2. The summed E-state index contributed by atoms with van der Waals surface area (Å²) in [4.78, 5) is 14.1. The first-order valence-electron chi connectivity index (χ1n) is 5.82. The maximum Gasteiger partial charge on any atom is 0.265 e. The number of carbonyl (C=O) groups excluding carboxylic acids is 1. The monoisotopic (exact) mass is 338 g/mol. The summed E-state index contributed by atoms with van der Waals surface area (Å²) in [5.41, 5.74) is 9.25. The van der Waals surface area contributed by atoms with Crippen LogP contribution in [0.5, 0.6) is 0 Å². The largest absolute Gasteiger partial charge is 0.397 e. The van der Waals surface area contributed by atoms with Crippen LogP contribution in [0, 0.1) is 20.8 Å². The number of halogens is 1. The molecule has 3 N–H and O–H groups in total. The van der Waals surface area contributed by atoms with Gasteiger partial charge in [-0.25, -0.2) is 0 Å². The molecule has 0 aliphatic carbocycles. The number of nitrogens with one attached hydrogen (secondary N) is 1. The van der Waals surface area contributed by atoms with Gasteiger partial charge < -0.3 is 11.1 Å². The van der Waals surface area contributed by atoms with Gasteiger partial charge in [-0.05, 0) is 50.1 Å². The molecule has 2 aromatic rings. The zero-order chi connectivity index (χ0) is 14.2. The molecule has 0 saturated carbocycles. The number of aryl methyl sites for hydroxylation is 3. The van der Waals surface area contributed by atoms with E-state index in [1.807, 2.05) is 32.9 Å². The third kappa shape index (κ3) is 2.98. The summed E-state index contributed by atoms with van der Waals surface area (Å²) in [6, 6.07) is 5.62. The van der Waals surface area contributed by atoms with Gasteiger partial charge in [-0.2, -0.15) is 0 Å². The quantitative estimate of drug-likeness (QED) is 0.803. The highest BCUT2D eigenvalue weighted by Gasteiger charge is 2.13. The molecule has 100 valence electrons. The Labute approximate surface area is 125 Å². The molecule has 1 aromatic heterocycles. The molecule has 0 unspecified atom stereocenters. The Kier molecular flexibility index (Phi) is 3.96. The average molecular weight is 339 g/mol. The van der Waals surface area contributed by atoms with Crippen molar-refractivity contribution in [3.05, 3.63) is 43.6 Å². The molecule has 1 heterocycles. The van der Waals surface area contributed by atoms with Crippen LogP contribution in [0.1, 0.15) is 25.7 Å². The Bertz CT molecular complexity index is 606. The van der Waals surface area contributed by atoms with Gasteiger partial charge in [0.15, 0.2) is 0 Å². The molecule has 1 aromatic carbocycles. The van der Waals surface area contributed by atoms with Gasteiger partial charge in [0, 0.05) is 9.35 Å². The van der Waals surface area contributed by atoms with Crippen LogP contribution in [-0.4, -0.2) is 5.91 Å². The normalized spacial score (nSPS) is 10.5. The molecule has 0 spiro atoms. The minimum atomic E-state index is -0.113. The molecule has 0 aliphatic rings. The zero-order valence-electron chi connectivity index (χ0n) is 11.0. The van der Waals surface area contributed by atoms with E-state index in [1.54, 1.807) is 6.07 Å². The molecule has 19 heavy (non-hydrogen) atoms. The van der Waals surface area contributed by atoms with Crippen LogP contribution in [0.15, 0.2) is 22.7 Å². The first-order chi connectivity index (χ1) is 8.88. The van der Waals surface area contributed by atoms with Gasteiger partial charge in [0.25, 0.3) is 5.91 Å². The van der Waals surface area contributed by atoms with Crippen molar-refractivity contribution in [1.29, 1.82) is 0 Å². The zero-order valence-corrected chi connectivity index (χ0v) is 13.4. The van der Waals surface area contributed by atoms with Crippen LogP contribution in [0.25, 0.3) is 0 Å². The van der Waals surface area contributed by atoms with E-state index in [0.29, 0.717) is 16.3 Å². The highest BCUT2D eigenvalue weighted by molar-refractivity contribution is 9.10. The third-order valence-electron chi connectivity index (χ3n) is 2.96. The lowest BCUT2D eigenvalue weighted by atomic mass is 10.1. The SMILES string of the molecule is Cc1cc(C(=O)Nc2c(C)cc(Br)cc2N)sc1C. The molecule has 1 amide bonds. The summed E-state index contributed by atoms with van der Waals surface area (Å²) in [6.45, 7) is 5.93. The van der Waals surface area contributed by atoms with Crippen molar-refractivity contribution in [2.45, 2.75) is 20.8 Å². The highest BCUT2D eigenvalue weighted by atomic mass is 79.9. The number of hydrogen-bond acceptors (Lipinski definition) is 3. The molecule has 0 saturated heterocycles. The topological polar surface area (TPSA) is 55.1 Å². The van der Waals surface area contributed by atoms with Crippen LogP contribution in [0.2, 0.25) is 0 Å². The van der Waals surface area contributed by atoms with Gasteiger partial charge in [-0.15, -0.1) is 11.3 Å². The molecule has 0 radical (unpaired) electrons. The second kappa shape index (κ2) is 5.35. The maximum atomic E-state index is 12.2. The molecule has 3 nitrogen and oxygen atoms in total. The lowest BCUT2D eigenvalue weighted by Gasteiger charge is -2.11. The fraction of sp³-hybridized carbons (Fsp3) is 0.214. The van der Waals surface area contributed by atoms with Gasteiger partial charge in [0.05, 0.1) is 16.3 Å². The first kappa shape index (κ1) is 14.1. The predicted octanol–water partition coefficient (Wildman–Crippen LogP) is 4.27. The number of nitrogen functional groups attached to an aromatic ring is 1. The molecule has 0 aliphatic heterocycles. The van der Waals surface area contributed by atoms with Crippen LogP contribution in [0.4, 0.5) is 11.4 Å². The number of carbonyl (C=O) groups is 1. The number of nitrogens with two attached hydrogens (primary N) is 1. The molecule has 0 bridgehead atoms. The summed E-state index contributed by atoms with van der Waals surface area (Å²) in [5.74, 6) is -0.113. The summed E-state index contributed by atoms with van der Waals surface area (Å²) < 4.78 is 0.906. The third-order valence-corrected chi connectivity index (χ3v) is 4.57. The number of benzene rings is 1. The van der Waals surface area contributed by atoms with E-state index < -0.39 is 0 Å². The van der Waals surface area contributed by atoms with Gasteiger partial charge in [-0.1, -0.05) is 15.9 Å². The Morgan fingerprint density at radius 2 is 1.89 bits per heavy atom. The number of amides is 1. The highest BCUT2D eigenvalue weighted by Crippen LogP contribution is 2.29. The van der Waals surface area contributed by atoms with Crippen molar-refractivity contribution in [3.8, 4) is 0 Å². The fourth-order valence-corrected chi connectivity index (χ4v) is 3.32. The van der Waals surface area contributed by atoms with Gasteiger partial charge in [-0.3, -0.25) is 4.79 Å². The van der Waals surface area contributed by atoms with Gasteiger partial charge in [0.2, 0.25) is 0 Å². The molecule has 0 fully saturated rings. The standard InChI is InChI=1S/C14H15BrN2OS/c1-7-5-12(19-9(7)3)14(18)17-13-8(2)4-10(15)6-11(13)16/h4-6H,16H2,1-3H3,(H,17,18). The van der Waals surface area contributed by atoms with Crippen molar-refractivity contribution in [2.75, 3.05) is 11.1 Å². The predicted molar refractivity (Wildman–Crippen MR) is 85.0 cm³/mol. The Morgan fingerprint density at radius 3 is 2.42 bits per heavy atom. The molecule has 2 rings (SSSR count). The second-order valence-corrected chi connectivity index (χ2v) is 6.66. The van der Waals surface area contributed by atoms with E-state index in [0.717, 1.165) is 20.5 Å². The van der Waals surface area contributed by atoms with Crippen LogP contribution in [-0.2, 0) is 0 Å². The molecular formula is C14H15BrN2OS. The number of hydrogen-bond donors (Lipinski definition) is 2. The summed E-state index contributed by atoms with van der Waals surface area (Å²) in [6.07, 6.45) is 0. The van der Waals surface area contributed by atoms with Crippen LogP contribution in [0.3, 0.4) is 0 Å². The lowest BCUT2D eigenvalue weighted by molar-refractivity contribution is 0.103. The Morgan fingerprint density at radius 1 is 1.21 bits per heavy atom. The van der Waals surface area contributed by atoms with Crippen LogP contribution < -0.4 is 11.1 Å². The molecular weight excluding hydrogens is 324 g/mol. The smallest absolute Gasteiger partial charge is 0.265 e. The first-order valence-corrected chi connectivity index (χ1v) is 7.43. The minimum absolute atomic E-state index is 0.113. The second-order valence-electron chi connectivity index (χ2n) is 4.49. The van der Waals surface area contributed by atoms with Gasteiger partial charge in [0.1, 0.15) is 0 Å². The van der Waals surface area contributed by atoms with Gasteiger partial charge >= 0.3 is 0 Å². The number of rotatable bonds is 2. The van der Waals surface area contributed by atoms with Crippen molar-refractivity contribution in [1.82, 2.24) is 0 Å². The summed E-state index contributed by atoms with van der Waals surface area (Å²) >= 11 is 4.87. The minimum Gasteiger partial charge on any atom is -0.397 e. The summed E-state index contributed by atoms with van der Waals surface area (Å²) in [7, 11) is 0. The summed E-state index contributed by atoms with van der Waals surface area (Å²) in [5, 5.41) is 2.89. The van der Waals surface area contributed by atoms with Crippen molar-refractivity contribution in [2.24, 2.45) is 0 Å². The Hall–Kier alpha value is -1.33. The average Bonchev–Trinajstić information content (AvgIpc) is 2.64. The van der Waals surface area contributed by atoms with E-state index in [4.69, 9.17) is 5.73 Å². The maximum absolute atomic E-state index is 12.2. The molecule has 5 heteroatoms. The lowest BCUT2D eigenvalue weighted by Crippen LogP contribution is -2.13. The van der Waals surface area contributed by atoms with E-state index in [-0.39, 0.29) is 5.91 Å². The van der Waals surface area contributed by atoms with E-state index in [1.165, 1.54) is 11.3 Å². The molecule has 0 atom stereocenters. The van der Waals surface area contributed by atoms with E-state index in [2.05, 4.69) is 21.2 Å². The van der Waals surface area contributed by atoms with Crippen LogP contribution >= 0.6 is 27.3 Å². The van der Waals surface area contributed by atoms with Crippen molar-refractivity contribution in [3.63, 3.8) is 0 Å². The fourth-order valence-electron chi connectivity index (χ4n) is 1.80. The van der Waals surface area contributed by atoms with E-state index in [9.17, 15) is 4.79 Å². The van der Waals surface area contributed by atoms with Crippen molar-refractivity contribution >= 4 is 44.5 Å².